The molecule has 5 nitrogen and oxygen atoms in total. The first-order valence-corrected chi connectivity index (χ1v) is 6.13. The van der Waals surface area contributed by atoms with Gasteiger partial charge in [0.15, 0.2) is 0 Å². The van der Waals surface area contributed by atoms with Gasteiger partial charge in [0.1, 0.15) is 6.04 Å². The maximum absolute atomic E-state index is 11.7. The topological polar surface area (TPSA) is 59.0 Å². The molecule has 0 radical (unpaired) electrons. The summed E-state index contributed by atoms with van der Waals surface area (Å²) in [7, 11) is 0. The molecule has 1 heterocycles. The molecule has 1 rings (SSSR count). The van der Waals surface area contributed by atoms with Gasteiger partial charge in [0, 0.05) is 6.54 Å². The lowest BCUT2D eigenvalue weighted by molar-refractivity contribution is -0.243. The zero-order valence-electron chi connectivity index (χ0n) is 11.1. The lowest BCUT2D eigenvalue weighted by Crippen LogP contribution is -2.47. The summed E-state index contributed by atoms with van der Waals surface area (Å²) in [4.78, 5) is 13.4. The Hall–Kier alpha value is -0.650. The first-order chi connectivity index (χ1) is 7.85. The van der Waals surface area contributed by atoms with Crippen molar-refractivity contribution in [3.8, 4) is 0 Å². The van der Waals surface area contributed by atoms with Crippen molar-refractivity contribution in [1.82, 2.24) is 4.90 Å². The molecule has 1 saturated heterocycles. The monoisotopic (exact) mass is 245 g/mol. The van der Waals surface area contributed by atoms with Gasteiger partial charge in [0.2, 0.25) is 6.41 Å². The quantitative estimate of drug-likeness (QED) is 0.594. The summed E-state index contributed by atoms with van der Waals surface area (Å²) in [5.74, 6) is -0.276. The van der Waals surface area contributed by atoms with E-state index < -0.39 is 12.0 Å². The number of ether oxygens (including phenoxy) is 2. The third kappa shape index (κ3) is 4.26. The predicted molar refractivity (Wildman–Crippen MR) is 63.2 cm³/mol. The molecular weight excluding hydrogens is 222 g/mol. The van der Waals surface area contributed by atoms with Crippen LogP contribution in [0.1, 0.15) is 40.5 Å². The number of carbonyl (C=O) groups excluding carboxylic acids is 1. The molecule has 0 aliphatic carbocycles. The summed E-state index contributed by atoms with van der Waals surface area (Å²) >= 11 is 0. The second-order valence-electron chi connectivity index (χ2n) is 5.20. The third-order valence-electron chi connectivity index (χ3n) is 2.60. The highest BCUT2D eigenvalue weighted by Gasteiger charge is 2.37. The zero-order valence-corrected chi connectivity index (χ0v) is 11.1. The summed E-state index contributed by atoms with van der Waals surface area (Å²) < 4.78 is 10.4. The minimum Gasteiger partial charge on any atom is -0.465 e. The molecule has 100 valence electrons. The number of aliphatic hydroxyl groups excluding tert-OH is 1. The standard InChI is InChI=1S/C12H23NO4/c1-5-16-10(14)9-7-6-8-13(9)11(15)17-12(2,3)4/h9,11,15H,5-8H2,1-4H3/t9-,11?/m0/s1. The summed E-state index contributed by atoms with van der Waals surface area (Å²) in [6, 6.07) is -0.382. The first-order valence-electron chi connectivity index (χ1n) is 6.13. The molecule has 0 aromatic rings. The van der Waals surface area contributed by atoms with Gasteiger partial charge < -0.3 is 14.6 Å². The Morgan fingerprint density at radius 3 is 2.71 bits per heavy atom. The molecule has 0 saturated carbocycles. The van der Waals surface area contributed by atoms with Crippen molar-refractivity contribution in [2.75, 3.05) is 13.2 Å². The lowest BCUT2D eigenvalue weighted by atomic mass is 10.2. The van der Waals surface area contributed by atoms with Crippen LogP contribution in [0.25, 0.3) is 0 Å². The van der Waals surface area contributed by atoms with E-state index in [1.165, 1.54) is 0 Å². The van der Waals surface area contributed by atoms with Crippen LogP contribution in [-0.2, 0) is 14.3 Å². The van der Waals surface area contributed by atoms with Gasteiger partial charge in [-0.3, -0.25) is 4.79 Å². The number of aliphatic hydroxyl groups is 1. The first kappa shape index (κ1) is 14.4. The number of hydrogen-bond acceptors (Lipinski definition) is 5. The smallest absolute Gasteiger partial charge is 0.323 e. The van der Waals surface area contributed by atoms with Crippen LogP contribution < -0.4 is 0 Å². The summed E-state index contributed by atoms with van der Waals surface area (Å²) in [6.07, 6.45) is 0.532. The number of nitrogens with zero attached hydrogens (tertiary/aromatic N) is 1. The fourth-order valence-electron chi connectivity index (χ4n) is 1.93. The van der Waals surface area contributed by atoms with Crippen molar-refractivity contribution in [3.63, 3.8) is 0 Å². The fraction of sp³-hybridized carbons (Fsp3) is 0.917. The Morgan fingerprint density at radius 2 is 2.18 bits per heavy atom. The molecule has 1 aliphatic heterocycles. The van der Waals surface area contributed by atoms with Crippen molar-refractivity contribution < 1.29 is 19.4 Å². The molecule has 5 heteroatoms. The van der Waals surface area contributed by atoms with Crippen molar-refractivity contribution in [1.29, 1.82) is 0 Å². The van der Waals surface area contributed by atoms with Crippen molar-refractivity contribution in [2.24, 2.45) is 0 Å². The van der Waals surface area contributed by atoms with Gasteiger partial charge in [-0.1, -0.05) is 0 Å². The largest absolute Gasteiger partial charge is 0.465 e. The Bertz CT molecular complexity index is 262. The van der Waals surface area contributed by atoms with E-state index in [-0.39, 0.29) is 12.0 Å². The highest BCUT2D eigenvalue weighted by molar-refractivity contribution is 5.76. The highest BCUT2D eigenvalue weighted by atomic mass is 16.6. The van der Waals surface area contributed by atoms with E-state index >= 15 is 0 Å². The zero-order chi connectivity index (χ0) is 13.1. The van der Waals surface area contributed by atoms with Gasteiger partial charge in [-0.05, 0) is 40.5 Å². The second-order valence-corrected chi connectivity index (χ2v) is 5.20. The Kier molecular flexibility index (Phi) is 4.91. The molecule has 0 amide bonds. The number of carbonyl (C=O) groups is 1. The van der Waals surface area contributed by atoms with Crippen LogP contribution in [0.5, 0.6) is 0 Å². The maximum Gasteiger partial charge on any atom is 0.323 e. The number of hydrogen-bond donors (Lipinski definition) is 1. The molecular formula is C12H23NO4. The number of likely N-dealkylation sites (tertiary alicyclic amines) is 1. The van der Waals surface area contributed by atoms with E-state index in [0.29, 0.717) is 19.6 Å². The van der Waals surface area contributed by atoms with Gasteiger partial charge in [-0.25, -0.2) is 4.90 Å². The van der Waals surface area contributed by atoms with Gasteiger partial charge in [-0.15, -0.1) is 0 Å². The Balaban J connectivity index is 2.59. The van der Waals surface area contributed by atoms with Crippen LogP contribution in [0.2, 0.25) is 0 Å². The summed E-state index contributed by atoms with van der Waals surface area (Å²) in [5.41, 5.74) is -0.443. The molecule has 1 aliphatic rings. The summed E-state index contributed by atoms with van der Waals surface area (Å²) in [5, 5.41) is 9.97. The van der Waals surface area contributed by atoms with Crippen molar-refractivity contribution >= 4 is 5.97 Å². The SMILES string of the molecule is CCOC(=O)[C@@H]1CCCN1C(O)OC(C)(C)C. The van der Waals surface area contributed by atoms with E-state index in [4.69, 9.17) is 9.47 Å². The molecule has 17 heavy (non-hydrogen) atoms. The minimum absolute atomic E-state index is 0.276. The molecule has 0 aromatic carbocycles. The van der Waals surface area contributed by atoms with E-state index in [2.05, 4.69) is 0 Å². The normalized spacial score (nSPS) is 23.7. The molecule has 1 unspecified atom stereocenters. The maximum atomic E-state index is 11.7. The van der Waals surface area contributed by atoms with Crippen LogP contribution in [0, 0.1) is 0 Å². The summed E-state index contributed by atoms with van der Waals surface area (Å²) in [6.45, 7) is 8.39. The molecule has 1 N–H and O–H groups in total. The third-order valence-corrected chi connectivity index (χ3v) is 2.60. The van der Waals surface area contributed by atoms with Crippen molar-refractivity contribution in [3.05, 3.63) is 0 Å². The van der Waals surface area contributed by atoms with Gasteiger partial charge >= 0.3 is 5.97 Å². The predicted octanol–water partition coefficient (Wildman–Crippen LogP) is 1.10. The second kappa shape index (κ2) is 5.80. The number of rotatable bonds is 4. The lowest BCUT2D eigenvalue weighted by Gasteiger charge is -2.32. The van der Waals surface area contributed by atoms with E-state index in [0.717, 1.165) is 6.42 Å². The van der Waals surface area contributed by atoms with Crippen LogP contribution in [0.4, 0.5) is 0 Å². The Morgan fingerprint density at radius 1 is 1.53 bits per heavy atom. The molecule has 0 aromatic heterocycles. The average Bonchev–Trinajstić information content (AvgIpc) is 2.63. The van der Waals surface area contributed by atoms with E-state index in [9.17, 15) is 9.90 Å². The molecule has 2 atom stereocenters. The minimum atomic E-state index is -1.05. The average molecular weight is 245 g/mol. The van der Waals surface area contributed by atoms with E-state index in [1.54, 1.807) is 11.8 Å². The van der Waals surface area contributed by atoms with Crippen LogP contribution in [0.15, 0.2) is 0 Å². The van der Waals surface area contributed by atoms with Gasteiger partial charge in [0.05, 0.1) is 12.2 Å². The Labute approximate surface area is 103 Å². The van der Waals surface area contributed by atoms with Gasteiger partial charge in [0.25, 0.3) is 0 Å². The molecule has 1 fully saturated rings. The van der Waals surface area contributed by atoms with E-state index in [1.807, 2.05) is 20.8 Å². The fourth-order valence-corrected chi connectivity index (χ4v) is 1.93. The van der Waals surface area contributed by atoms with Crippen LogP contribution in [-0.4, -0.2) is 47.2 Å². The molecule has 0 bridgehead atoms. The van der Waals surface area contributed by atoms with Crippen molar-refractivity contribution in [2.45, 2.75) is 58.6 Å². The molecule has 0 spiro atoms. The number of esters is 1. The highest BCUT2D eigenvalue weighted by Crippen LogP contribution is 2.23. The van der Waals surface area contributed by atoms with Gasteiger partial charge in [-0.2, -0.15) is 0 Å². The van der Waals surface area contributed by atoms with Crippen LogP contribution in [0.3, 0.4) is 0 Å². The van der Waals surface area contributed by atoms with Crippen LogP contribution >= 0.6 is 0 Å².